The van der Waals surface area contributed by atoms with Crippen LogP contribution in [0.25, 0.3) is 0 Å². The zero-order valence-electron chi connectivity index (χ0n) is 12.6. The third-order valence-corrected chi connectivity index (χ3v) is 3.09. The smallest absolute Gasteiger partial charge is 0.378 e. The second kappa shape index (κ2) is 9.62. The molecule has 0 bridgehead atoms. The van der Waals surface area contributed by atoms with Gasteiger partial charge in [0.1, 0.15) is 18.8 Å². The minimum absolute atomic E-state index is 0.0790. The first-order chi connectivity index (χ1) is 10.5. The van der Waals surface area contributed by atoms with E-state index in [2.05, 4.69) is 6.92 Å². The summed E-state index contributed by atoms with van der Waals surface area (Å²) in [7, 11) is 0. The van der Waals surface area contributed by atoms with Gasteiger partial charge >= 0.3 is 5.97 Å². The Kier molecular flexibility index (Phi) is 8.18. The SMILES string of the molecule is CCCCCOC[C@H](O)[C@H]1OC(=O)C(O)=C1OCC(O)CO. The number of aliphatic hydroxyl groups is 4. The molecule has 1 unspecified atom stereocenters. The zero-order valence-corrected chi connectivity index (χ0v) is 12.6. The maximum absolute atomic E-state index is 11.4. The van der Waals surface area contributed by atoms with E-state index < -0.39 is 36.6 Å². The van der Waals surface area contributed by atoms with E-state index in [0.29, 0.717) is 6.61 Å². The molecule has 1 heterocycles. The Morgan fingerprint density at radius 1 is 1.27 bits per heavy atom. The van der Waals surface area contributed by atoms with E-state index in [-0.39, 0.29) is 19.0 Å². The first-order valence-corrected chi connectivity index (χ1v) is 7.32. The summed E-state index contributed by atoms with van der Waals surface area (Å²) in [6.45, 7) is 1.58. The average Bonchev–Trinajstić information content (AvgIpc) is 2.80. The normalized spacial score (nSPS) is 20.9. The first-order valence-electron chi connectivity index (χ1n) is 7.32. The molecule has 0 radical (unpaired) electrons. The number of aliphatic hydroxyl groups excluding tert-OH is 4. The summed E-state index contributed by atoms with van der Waals surface area (Å²) in [4.78, 5) is 11.4. The van der Waals surface area contributed by atoms with Crippen molar-refractivity contribution in [2.24, 2.45) is 0 Å². The van der Waals surface area contributed by atoms with E-state index in [1.807, 2.05) is 0 Å². The minimum Gasteiger partial charge on any atom is -0.499 e. The Labute approximate surface area is 128 Å². The maximum atomic E-state index is 11.4. The molecule has 0 saturated heterocycles. The van der Waals surface area contributed by atoms with Crippen LogP contribution in [0.3, 0.4) is 0 Å². The van der Waals surface area contributed by atoms with Crippen molar-refractivity contribution in [1.82, 2.24) is 0 Å². The van der Waals surface area contributed by atoms with Gasteiger partial charge in [-0.05, 0) is 6.42 Å². The van der Waals surface area contributed by atoms with Crippen molar-refractivity contribution in [2.45, 2.75) is 44.5 Å². The van der Waals surface area contributed by atoms with Crippen molar-refractivity contribution in [3.05, 3.63) is 11.5 Å². The van der Waals surface area contributed by atoms with Crippen LogP contribution < -0.4 is 0 Å². The van der Waals surface area contributed by atoms with Gasteiger partial charge in [0.2, 0.25) is 5.76 Å². The van der Waals surface area contributed by atoms with Gasteiger partial charge < -0.3 is 34.6 Å². The molecule has 0 aromatic heterocycles. The number of carbonyl (C=O) groups is 1. The van der Waals surface area contributed by atoms with Gasteiger partial charge in [0, 0.05) is 6.61 Å². The summed E-state index contributed by atoms with van der Waals surface area (Å²) < 4.78 is 15.2. The first kappa shape index (κ1) is 18.7. The molecule has 1 aliphatic heterocycles. The third kappa shape index (κ3) is 5.45. The van der Waals surface area contributed by atoms with Crippen molar-refractivity contribution in [3.8, 4) is 0 Å². The summed E-state index contributed by atoms with van der Waals surface area (Å²) in [6.07, 6.45) is -0.627. The second-order valence-electron chi connectivity index (χ2n) is 5.04. The Hall–Kier alpha value is -1.35. The summed E-state index contributed by atoms with van der Waals surface area (Å²) in [5, 5.41) is 37.5. The number of hydrogen-bond donors (Lipinski definition) is 4. The fourth-order valence-electron chi connectivity index (χ4n) is 1.85. The summed E-state index contributed by atoms with van der Waals surface area (Å²) >= 11 is 0. The van der Waals surface area contributed by atoms with Crippen LogP contribution in [0.15, 0.2) is 11.5 Å². The largest absolute Gasteiger partial charge is 0.499 e. The summed E-state index contributed by atoms with van der Waals surface area (Å²) in [5.74, 6) is -2.02. The summed E-state index contributed by atoms with van der Waals surface area (Å²) in [6, 6.07) is 0. The molecule has 22 heavy (non-hydrogen) atoms. The third-order valence-electron chi connectivity index (χ3n) is 3.09. The second-order valence-corrected chi connectivity index (χ2v) is 5.04. The van der Waals surface area contributed by atoms with E-state index >= 15 is 0 Å². The number of rotatable bonds is 11. The fraction of sp³-hybridized carbons (Fsp3) is 0.786. The van der Waals surface area contributed by atoms with Crippen molar-refractivity contribution in [3.63, 3.8) is 0 Å². The standard InChI is InChI=1S/C14H24O8/c1-2-3-4-5-20-8-10(17)12-13(11(18)14(19)22-12)21-7-9(16)6-15/h9-10,12,15-18H,2-8H2,1H3/t9?,10-,12+/m0/s1. The zero-order chi connectivity index (χ0) is 16.5. The lowest BCUT2D eigenvalue weighted by Crippen LogP contribution is -2.34. The van der Waals surface area contributed by atoms with Crippen LogP contribution in [0.4, 0.5) is 0 Å². The maximum Gasteiger partial charge on any atom is 0.378 e. The lowest BCUT2D eigenvalue weighted by molar-refractivity contribution is -0.149. The molecule has 128 valence electrons. The topological polar surface area (TPSA) is 126 Å². The number of carbonyl (C=O) groups excluding carboxylic acids is 1. The lowest BCUT2D eigenvalue weighted by Gasteiger charge is -2.20. The van der Waals surface area contributed by atoms with Gasteiger partial charge in [0.05, 0.1) is 13.2 Å². The molecule has 1 aliphatic rings. The Morgan fingerprint density at radius 2 is 2.00 bits per heavy atom. The van der Waals surface area contributed by atoms with Crippen LogP contribution in [-0.2, 0) is 19.0 Å². The molecule has 0 saturated carbocycles. The number of hydrogen-bond acceptors (Lipinski definition) is 8. The van der Waals surface area contributed by atoms with Crippen LogP contribution in [0.1, 0.15) is 26.2 Å². The van der Waals surface area contributed by atoms with Gasteiger partial charge in [-0.3, -0.25) is 0 Å². The average molecular weight is 320 g/mol. The van der Waals surface area contributed by atoms with Gasteiger partial charge in [0.25, 0.3) is 0 Å². The van der Waals surface area contributed by atoms with Crippen molar-refractivity contribution in [2.75, 3.05) is 26.4 Å². The van der Waals surface area contributed by atoms with Gasteiger partial charge in [-0.25, -0.2) is 4.79 Å². The van der Waals surface area contributed by atoms with Gasteiger partial charge in [-0.15, -0.1) is 0 Å². The van der Waals surface area contributed by atoms with Crippen molar-refractivity contribution in [1.29, 1.82) is 0 Å². The highest BCUT2D eigenvalue weighted by Crippen LogP contribution is 2.25. The van der Waals surface area contributed by atoms with E-state index in [1.54, 1.807) is 0 Å². The Balaban J connectivity index is 2.50. The number of esters is 1. The van der Waals surface area contributed by atoms with Gasteiger partial charge in [-0.1, -0.05) is 19.8 Å². The molecule has 0 fully saturated rings. The molecule has 0 aromatic carbocycles. The molecule has 8 nitrogen and oxygen atoms in total. The summed E-state index contributed by atoms with van der Waals surface area (Å²) in [5.41, 5.74) is 0. The lowest BCUT2D eigenvalue weighted by atomic mass is 10.2. The number of cyclic esters (lactones) is 1. The quantitative estimate of drug-likeness (QED) is 0.300. The van der Waals surface area contributed by atoms with Crippen LogP contribution in [-0.4, -0.2) is 71.1 Å². The predicted molar refractivity (Wildman–Crippen MR) is 74.9 cm³/mol. The van der Waals surface area contributed by atoms with Gasteiger partial charge in [-0.2, -0.15) is 0 Å². The van der Waals surface area contributed by atoms with Crippen LogP contribution in [0.2, 0.25) is 0 Å². The molecular weight excluding hydrogens is 296 g/mol. The fourth-order valence-corrected chi connectivity index (χ4v) is 1.85. The van der Waals surface area contributed by atoms with E-state index in [9.17, 15) is 20.1 Å². The van der Waals surface area contributed by atoms with Crippen molar-refractivity contribution < 1.29 is 39.4 Å². The predicted octanol–water partition coefficient (Wildman–Crippen LogP) is -0.381. The van der Waals surface area contributed by atoms with Crippen LogP contribution >= 0.6 is 0 Å². The monoisotopic (exact) mass is 320 g/mol. The Morgan fingerprint density at radius 3 is 2.64 bits per heavy atom. The molecule has 8 heteroatoms. The highest BCUT2D eigenvalue weighted by Gasteiger charge is 2.41. The van der Waals surface area contributed by atoms with Crippen LogP contribution in [0.5, 0.6) is 0 Å². The van der Waals surface area contributed by atoms with E-state index in [0.717, 1.165) is 19.3 Å². The van der Waals surface area contributed by atoms with Crippen molar-refractivity contribution >= 4 is 5.97 Å². The molecule has 0 aromatic rings. The molecule has 4 N–H and O–H groups in total. The molecular formula is C14H24O8. The molecule has 1 rings (SSSR count). The van der Waals surface area contributed by atoms with E-state index in [1.165, 1.54) is 0 Å². The molecule has 0 spiro atoms. The van der Waals surface area contributed by atoms with Crippen LogP contribution in [0, 0.1) is 0 Å². The number of unbranched alkanes of at least 4 members (excludes halogenated alkanes) is 2. The molecule has 0 aliphatic carbocycles. The van der Waals surface area contributed by atoms with E-state index in [4.69, 9.17) is 19.3 Å². The minimum atomic E-state index is -1.20. The molecule has 0 amide bonds. The Bertz CT molecular complexity index is 381. The highest BCUT2D eigenvalue weighted by atomic mass is 16.6. The molecule has 3 atom stereocenters. The highest BCUT2D eigenvalue weighted by molar-refractivity contribution is 5.89. The number of ether oxygens (including phenoxy) is 3. The van der Waals surface area contributed by atoms with Gasteiger partial charge in [0.15, 0.2) is 11.9 Å².